The quantitative estimate of drug-likeness (QED) is 0.726. The summed E-state index contributed by atoms with van der Waals surface area (Å²) in [4.78, 5) is 8.59. The molecular formula is C14H21N5O2. The summed E-state index contributed by atoms with van der Waals surface area (Å²) in [5.74, 6) is 1.72. The molecule has 2 aliphatic rings. The number of amidine groups is 1. The van der Waals surface area contributed by atoms with E-state index in [0.717, 1.165) is 23.6 Å². The van der Waals surface area contributed by atoms with Gasteiger partial charge in [-0.15, -0.1) is 0 Å². The van der Waals surface area contributed by atoms with Crippen LogP contribution in [0.15, 0.2) is 23.5 Å². The highest BCUT2D eigenvalue weighted by atomic mass is 16.5. The molecule has 1 fully saturated rings. The van der Waals surface area contributed by atoms with Gasteiger partial charge in [-0.25, -0.2) is 9.98 Å². The molecule has 1 saturated heterocycles. The van der Waals surface area contributed by atoms with Gasteiger partial charge >= 0.3 is 0 Å². The van der Waals surface area contributed by atoms with Gasteiger partial charge < -0.3 is 20.9 Å². The molecule has 7 nitrogen and oxygen atoms in total. The van der Waals surface area contributed by atoms with E-state index in [4.69, 9.17) is 10.5 Å². The fourth-order valence-electron chi connectivity index (χ4n) is 3.00. The molecule has 3 rings (SSSR count). The lowest BCUT2D eigenvalue weighted by Gasteiger charge is -2.21. The maximum atomic E-state index is 9.48. The second-order valence-electron chi connectivity index (χ2n) is 5.67. The van der Waals surface area contributed by atoms with Crippen molar-refractivity contribution in [2.45, 2.75) is 38.8 Å². The highest BCUT2D eigenvalue weighted by molar-refractivity contribution is 5.95. The minimum atomic E-state index is -0.450. The topological polar surface area (TPSA) is 97.7 Å². The predicted molar refractivity (Wildman–Crippen MR) is 79.8 cm³/mol. The third-order valence-electron chi connectivity index (χ3n) is 4.09. The predicted octanol–water partition coefficient (Wildman–Crippen LogP) is 1.16. The Morgan fingerprint density at radius 1 is 1.67 bits per heavy atom. The SMILES string of the molecule is C=C(C)[C@H]1C[C@H](n2cnc3c2NC(C)=NC3N)O[C@@H]1CO. The van der Waals surface area contributed by atoms with Gasteiger partial charge in [-0.3, -0.25) is 4.57 Å². The molecule has 3 heterocycles. The van der Waals surface area contributed by atoms with Crippen molar-refractivity contribution < 1.29 is 9.84 Å². The number of nitrogens with one attached hydrogen (secondary N) is 1. The van der Waals surface area contributed by atoms with E-state index in [1.807, 2.05) is 18.4 Å². The van der Waals surface area contributed by atoms with Gasteiger partial charge in [-0.2, -0.15) is 0 Å². The highest BCUT2D eigenvalue weighted by Crippen LogP contribution is 2.39. The molecule has 0 radical (unpaired) electrons. The lowest BCUT2D eigenvalue weighted by Crippen LogP contribution is -2.25. The molecule has 1 aromatic heterocycles. The molecule has 4 N–H and O–H groups in total. The van der Waals surface area contributed by atoms with E-state index in [9.17, 15) is 5.11 Å². The summed E-state index contributed by atoms with van der Waals surface area (Å²) < 4.78 is 7.89. The Bertz CT molecular complexity index is 594. The van der Waals surface area contributed by atoms with E-state index < -0.39 is 6.17 Å². The molecule has 0 spiro atoms. The second kappa shape index (κ2) is 5.25. The molecule has 0 amide bonds. The van der Waals surface area contributed by atoms with E-state index in [1.54, 1.807) is 6.33 Å². The second-order valence-corrected chi connectivity index (χ2v) is 5.67. The van der Waals surface area contributed by atoms with Gasteiger partial charge in [0.15, 0.2) is 0 Å². The number of imidazole rings is 1. The number of hydrogen-bond donors (Lipinski definition) is 3. The molecule has 2 aliphatic heterocycles. The fraction of sp³-hybridized carbons (Fsp3) is 0.571. The van der Waals surface area contributed by atoms with Crippen LogP contribution >= 0.6 is 0 Å². The molecule has 1 aromatic rings. The van der Waals surface area contributed by atoms with Crippen LogP contribution < -0.4 is 11.1 Å². The van der Waals surface area contributed by atoms with Gasteiger partial charge in [-0.05, 0) is 13.8 Å². The van der Waals surface area contributed by atoms with E-state index in [-0.39, 0.29) is 24.9 Å². The molecule has 21 heavy (non-hydrogen) atoms. The first-order valence-corrected chi connectivity index (χ1v) is 7.06. The zero-order valence-electron chi connectivity index (χ0n) is 12.3. The average Bonchev–Trinajstić information content (AvgIpc) is 3.01. The summed E-state index contributed by atoms with van der Waals surface area (Å²) >= 11 is 0. The van der Waals surface area contributed by atoms with Gasteiger partial charge in [0.05, 0.1) is 19.0 Å². The third kappa shape index (κ3) is 2.37. The van der Waals surface area contributed by atoms with Crippen LogP contribution in [0, 0.1) is 5.92 Å². The first-order valence-electron chi connectivity index (χ1n) is 7.06. The van der Waals surface area contributed by atoms with Crippen LogP contribution in [0.4, 0.5) is 5.82 Å². The summed E-state index contributed by atoms with van der Waals surface area (Å²) in [6.07, 6.45) is 1.61. The van der Waals surface area contributed by atoms with Crippen molar-refractivity contribution in [3.8, 4) is 0 Å². The van der Waals surface area contributed by atoms with Gasteiger partial charge in [0, 0.05) is 12.3 Å². The molecule has 0 bridgehead atoms. The Labute approximate surface area is 123 Å². The van der Waals surface area contributed by atoms with Crippen molar-refractivity contribution in [2.24, 2.45) is 16.6 Å². The monoisotopic (exact) mass is 291 g/mol. The molecule has 7 heteroatoms. The van der Waals surface area contributed by atoms with Crippen LogP contribution in [0.2, 0.25) is 0 Å². The summed E-state index contributed by atoms with van der Waals surface area (Å²) in [6.45, 7) is 7.81. The Morgan fingerprint density at radius 3 is 3.05 bits per heavy atom. The van der Waals surface area contributed by atoms with Gasteiger partial charge in [0.1, 0.15) is 29.7 Å². The van der Waals surface area contributed by atoms with Gasteiger partial charge in [-0.1, -0.05) is 12.2 Å². The van der Waals surface area contributed by atoms with E-state index >= 15 is 0 Å². The number of aromatic nitrogens is 2. The maximum Gasteiger partial charge on any atom is 0.145 e. The summed E-state index contributed by atoms with van der Waals surface area (Å²) in [5.41, 5.74) is 7.71. The van der Waals surface area contributed by atoms with E-state index in [0.29, 0.717) is 5.69 Å². The molecule has 0 aromatic carbocycles. The van der Waals surface area contributed by atoms with Crippen molar-refractivity contribution in [2.75, 3.05) is 11.9 Å². The summed E-state index contributed by atoms with van der Waals surface area (Å²) in [5, 5.41) is 12.7. The first-order chi connectivity index (χ1) is 10.0. The number of rotatable bonds is 3. The number of aliphatic imine (C=N–C) groups is 1. The smallest absolute Gasteiger partial charge is 0.145 e. The van der Waals surface area contributed by atoms with Crippen molar-refractivity contribution in [3.63, 3.8) is 0 Å². The van der Waals surface area contributed by atoms with Crippen molar-refractivity contribution in [1.82, 2.24) is 9.55 Å². The number of hydrogen-bond acceptors (Lipinski definition) is 6. The highest BCUT2D eigenvalue weighted by Gasteiger charge is 2.38. The van der Waals surface area contributed by atoms with Crippen LogP contribution in [-0.4, -0.2) is 33.2 Å². The first kappa shape index (κ1) is 14.2. The fourth-order valence-corrected chi connectivity index (χ4v) is 3.00. The molecular weight excluding hydrogens is 270 g/mol. The van der Waals surface area contributed by atoms with Crippen molar-refractivity contribution in [1.29, 1.82) is 0 Å². The number of nitrogens with two attached hydrogens (primary N) is 1. The molecule has 114 valence electrons. The Kier molecular flexibility index (Phi) is 3.56. The molecule has 0 aliphatic carbocycles. The van der Waals surface area contributed by atoms with E-state index in [2.05, 4.69) is 21.9 Å². The van der Waals surface area contributed by atoms with Crippen LogP contribution in [0.5, 0.6) is 0 Å². The largest absolute Gasteiger partial charge is 0.394 e. The normalized spacial score (nSPS) is 31.5. The van der Waals surface area contributed by atoms with Crippen LogP contribution in [0.3, 0.4) is 0 Å². The lowest BCUT2D eigenvalue weighted by atomic mass is 9.94. The summed E-state index contributed by atoms with van der Waals surface area (Å²) in [6, 6.07) is 0. The average molecular weight is 291 g/mol. The lowest BCUT2D eigenvalue weighted by molar-refractivity contribution is -0.0271. The maximum absolute atomic E-state index is 9.48. The number of nitrogens with zero attached hydrogens (tertiary/aromatic N) is 3. The van der Waals surface area contributed by atoms with E-state index in [1.165, 1.54) is 0 Å². The molecule has 0 saturated carbocycles. The minimum Gasteiger partial charge on any atom is -0.394 e. The number of fused-ring (bicyclic) bond motifs is 1. The number of anilines is 1. The number of aliphatic hydroxyl groups is 1. The standard InChI is InChI=1S/C14H21N5O2/c1-7(2)9-4-11(21-10(9)5-20)19-6-16-12-13(15)17-8(3)18-14(12)19/h6,9-11,13,20H,1,4-5,15H2,2-3H3,(H,17,18)/t9-,10-,11-,13?/m1/s1. The third-order valence-corrected chi connectivity index (χ3v) is 4.09. The Morgan fingerprint density at radius 2 is 2.43 bits per heavy atom. The summed E-state index contributed by atoms with van der Waals surface area (Å²) in [7, 11) is 0. The zero-order valence-corrected chi connectivity index (χ0v) is 12.3. The molecule has 4 atom stereocenters. The van der Waals surface area contributed by atoms with Crippen LogP contribution in [-0.2, 0) is 4.74 Å². The molecule has 1 unspecified atom stereocenters. The van der Waals surface area contributed by atoms with Crippen LogP contribution in [0.1, 0.15) is 38.4 Å². The minimum absolute atomic E-state index is 0.0155. The van der Waals surface area contributed by atoms with Crippen molar-refractivity contribution in [3.05, 3.63) is 24.2 Å². The van der Waals surface area contributed by atoms with Gasteiger partial charge in [0.2, 0.25) is 0 Å². The van der Waals surface area contributed by atoms with Crippen LogP contribution in [0.25, 0.3) is 0 Å². The Balaban J connectivity index is 1.89. The van der Waals surface area contributed by atoms with Crippen molar-refractivity contribution >= 4 is 11.7 Å². The Hall–Kier alpha value is -1.70. The van der Waals surface area contributed by atoms with Gasteiger partial charge in [0.25, 0.3) is 0 Å². The number of ether oxygens (including phenoxy) is 1. The zero-order chi connectivity index (χ0) is 15.1. The number of aliphatic hydroxyl groups excluding tert-OH is 1.